The first-order valence-electron chi connectivity index (χ1n) is 6.19. The highest BCUT2D eigenvalue weighted by Gasteiger charge is 2.31. The van der Waals surface area contributed by atoms with E-state index in [2.05, 4.69) is 21.8 Å². The number of pyridine rings is 1. The van der Waals surface area contributed by atoms with E-state index < -0.39 is 0 Å². The molecule has 0 spiro atoms. The smallest absolute Gasteiger partial charge is 0.173 e. The molecule has 0 amide bonds. The molecule has 0 aliphatic carbocycles. The molecule has 1 fully saturated rings. The number of nitrogen functional groups attached to an aromatic ring is 1. The van der Waals surface area contributed by atoms with Crippen LogP contribution >= 0.6 is 11.6 Å². The van der Waals surface area contributed by atoms with E-state index in [0.717, 1.165) is 37.6 Å². The molecule has 1 aromatic rings. The number of likely N-dealkylation sites (N-methyl/N-ethyl adjacent to an activating group) is 1. The molecule has 2 aliphatic heterocycles. The van der Waals surface area contributed by atoms with Crippen LogP contribution in [0.4, 0.5) is 11.6 Å². The number of halogens is 1. The van der Waals surface area contributed by atoms with E-state index in [9.17, 15) is 0 Å². The second-order valence-electron chi connectivity index (χ2n) is 4.92. The fourth-order valence-corrected chi connectivity index (χ4v) is 2.77. The average molecular weight is 269 g/mol. The maximum absolute atomic E-state index is 6.00. The summed E-state index contributed by atoms with van der Waals surface area (Å²) in [5.41, 5.74) is 5.81. The van der Waals surface area contributed by atoms with E-state index in [0.29, 0.717) is 23.5 Å². The molecule has 2 aliphatic rings. The Hall–Kier alpha value is -1.20. The van der Waals surface area contributed by atoms with Crippen LogP contribution in [0.2, 0.25) is 5.02 Å². The van der Waals surface area contributed by atoms with Gasteiger partial charge in [-0.25, -0.2) is 4.98 Å². The highest BCUT2D eigenvalue weighted by molar-refractivity contribution is 6.33. The normalized spacial score (nSPS) is 23.9. The summed E-state index contributed by atoms with van der Waals surface area (Å²) in [6.45, 7) is 3.71. The van der Waals surface area contributed by atoms with Crippen LogP contribution in [0.3, 0.4) is 0 Å². The van der Waals surface area contributed by atoms with Gasteiger partial charge in [0.05, 0.1) is 11.6 Å². The molecule has 5 nitrogen and oxygen atoms in total. The van der Waals surface area contributed by atoms with E-state index in [1.807, 2.05) is 0 Å². The van der Waals surface area contributed by atoms with Crippen molar-refractivity contribution in [3.8, 4) is 5.75 Å². The van der Waals surface area contributed by atoms with Gasteiger partial charge in [0.1, 0.15) is 5.82 Å². The Morgan fingerprint density at radius 2 is 2.33 bits per heavy atom. The second-order valence-corrected chi connectivity index (χ2v) is 5.33. The molecule has 98 valence electrons. The third kappa shape index (κ3) is 1.97. The van der Waals surface area contributed by atoms with Gasteiger partial charge in [-0.05, 0) is 7.05 Å². The first-order valence-corrected chi connectivity index (χ1v) is 6.57. The summed E-state index contributed by atoms with van der Waals surface area (Å²) in [5.74, 6) is 1.97. The van der Waals surface area contributed by atoms with Crippen LogP contribution in [0.1, 0.15) is 6.42 Å². The number of ether oxygens (including phenoxy) is 1. The molecular weight excluding hydrogens is 252 g/mol. The third-order valence-electron chi connectivity index (χ3n) is 3.62. The fourth-order valence-electron chi connectivity index (χ4n) is 2.63. The molecule has 18 heavy (non-hydrogen) atoms. The summed E-state index contributed by atoms with van der Waals surface area (Å²) in [5, 5.41) is 0.460. The van der Waals surface area contributed by atoms with Crippen LogP contribution in [0.15, 0.2) is 6.07 Å². The number of hydrogen-bond acceptors (Lipinski definition) is 5. The van der Waals surface area contributed by atoms with Crippen molar-refractivity contribution >= 4 is 23.2 Å². The maximum Gasteiger partial charge on any atom is 0.173 e. The molecule has 6 heteroatoms. The Morgan fingerprint density at radius 3 is 3.17 bits per heavy atom. The summed E-state index contributed by atoms with van der Waals surface area (Å²) < 4.78 is 5.75. The van der Waals surface area contributed by atoms with Crippen molar-refractivity contribution in [1.82, 2.24) is 9.88 Å². The minimum atomic E-state index is 0.374. The molecule has 3 heterocycles. The minimum absolute atomic E-state index is 0.374. The monoisotopic (exact) mass is 268 g/mol. The molecule has 0 unspecified atom stereocenters. The Bertz CT molecular complexity index is 468. The molecule has 1 saturated heterocycles. The summed E-state index contributed by atoms with van der Waals surface area (Å²) in [6.07, 6.45) is 0.998. The zero-order valence-electron chi connectivity index (χ0n) is 10.4. The van der Waals surface area contributed by atoms with Crippen molar-refractivity contribution in [3.05, 3.63) is 11.1 Å². The summed E-state index contributed by atoms with van der Waals surface area (Å²) in [6, 6.07) is 2.22. The van der Waals surface area contributed by atoms with Crippen molar-refractivity contribution in [3.63, 3.8) is 0 Å². The second kappa shape index (κ2) is 4.48. The van der Waals surface area contributed by atoms with Gasteiger partial charge in [0.25, 0.3) is 0 Å². The highest BCUT2D eigenvalue weighted by Crippen LogP contribution is 2.36. The summed E-state index contributed by atoms with van der Waals surface area (Å²) in [4.78, 5) is 9.05. The van der Waals surface area contributed by atoms with Crippen molar-refractivity contribution < 1.29 is 4.74 Å². The lowest BCUT2D eigenvalue weighted by Crippen LogP contribution is -2.52. The predicted octanol–water partition coefficient (Wildman–Crippen LogP) is 1.22. The lowest BCUT2D eigenvalue weighted by atomic mass is 10.1. The number of fused-ring (bicyclic) bond motifs is 3. The molecule has 3 rings (SSSR count). The molecule has 2 N–H and O–H groups in total. The van der Waals surface area contributed by atoms with Gasteiger partial charge in [0.2, 0.25) is 0 Å². The van der Waals surface area contributed by atoms with Crippen molar-refractivity contribution in [2.45, 2.75) is 12.5 Å². The van der Waals surface area contributed by atoms with Crippen LogP contribution < -0.4 is 15.4 Å². The number of anilines is 2. The number of piperazine rings is 1. The Morgan fingerprint density at radius 1 is 1.50 bits per heavy atom. The Labute approximate surface area is 111 Å². The zero-order valence-corrected chi connectivity index (χ0v) is 11.2. The topological polar surface area (TPSA) is 54.6 Å². The van der Waals surface area contributed by atoms with Crippen LogP contribution in [0, 0.1) is 0 Å². The number of nitrogens with two attached hydrogens (primary N) is 1. The molecule has 1 aromatic heterocycles. The average Bonchev–Trinajstić information content (AvgIpc) is 2.49. The minimum Gasteiger partial charge on any atom is -0.490 e. The van der Waals surface area contributed by atoms with Crippen LogP contribution in [-0.4, -0.2) is 49.2 Å². The maximum atomic E-state index is 6.00. The fraction of sp³-hybridized carbons (Fsp3) is 0.583. The predicted molar refractivity (Wildman–Crippen MR) is 72.4 cm³/mol. The molecule has 0 saturated carbocycles. The molecule has 1 atom stereocenters. The van der Waals surface area contributed by atoms with Gasteiger partial charge in [0, 0.05) is 38.2 Å². The van der Waals surface area contributed by atoms with Gasteiger partial charge in [-0.3, -0.25) is 0 Å². The van der Waals surface area contributed by atoms with Crippen LogP contribution in [0.25, 0.3) is 0 Å². The van der Waals surface area contributed by atoms with Gasteiger partial charge < -0.3 is 20.3 Å². The Kier molecular flexibility index (Phi) is 2.95. The lowest BCUT2D eigenvalue weighted by Gasteiger charge is -2.39. The van der Waals surface area contributed by atoms with Crippen molar-refractivity contribution in [1.29, 1.82) is 0 Å². The largest absolute Gasteiger partial charge is 0.490 e. The van der Waals surface area contributed by atoms with Crippen molar-refractivity contribution in [2.24, 2.45) is 0 Å². The van der Waals surface area contributed by atoms with Crippen LogP contribution in [-0.2, 0) is 0 Å². The van der Waals surface area contributed by atoms with E-state index in [4.69, 9.17) is 22.1 Å². The van der Waals surface area contributed by atoms with Crippen molar-refractivity contribution in [2.75, 3.05) is 43.9 Å². The molecule has 0 radical (unpaired) electrons. The lowest BCUT2D eigenvalue weighted by molar-refractivity contribution is 0.242. The van der Waals surface area contributed by atoms with Gasteiger partial charge in [-0.2, -0.15) is 0 Å². The molecular formula is C12H17ClN4O. The van der Waals surface area contributed by atoms with E-state index in [-0.39, 0.29) is 0 Å². The van der Waals surface area contributed by atoms with Gasteiger partial charge >= 0.3 is 0 Å². The van der Waals surface area contributed by atoms with E-state index in [1.165, 1.54) is 0 Å². The number of rotatable bonds is 0. The SMILES string of the molecule is CN1CCN2c3nc(N)c(Cl)cc3OCC[C@@H]2C1. The Balaban J connectivity index is 2.01. The first-order chi connectivity index (χ1) is 8.65. The van der Waals surface area contributed by atoms with E-state index >= 15 is 0 Å². The van der Waals surface area contributed by atoms with Gasteiger partial charge in [0.15, 0.2) is 11.6 Å². The zero-order chi connectivity index (χ0) is 12.7. The third-order valence-corrected chi connectivity index (χ3v) is 3.92. The quantitative estimate of drug-likeness (QED) is 0.767. The van der Waals surface area contributed by atoms with E-state index in [1.54, 1.807) is 6.07 Å². The number of aromatic nitrogens is 1. The van der Waals surface area contributed by atoms with Gasteiger partial charge in [-0.15, -0.1) is 0 Å². The molecule has 0 aromatic carbocycles. The molecule has 0 bridgehead atoms. The van der Waals surface area contributed by atoms with Crippen LogP contribution in [0.5, 0.6) is 5.75 Å². The number of hydrogen-bond donors (Lipinski definition) is 1. The number of nitrogens with zero attached hydrogens (tertiary/aromatic N) is 3. The standard InChI is InChI=1S/C12H17ClN4O/c1-16-3-4-17-8(7-16)2-5-18-10-6-9(13)11(14)15-12(10)17/h6,8H,2-5,7H2,1H3,(H2,14,15)/t8-/m1/s1. The summed E-state index contributed by atoms with van der Waals surface area (Å²) in [7, 11) is 2.15. The highest BCUT2D eigenvalue weighted by atomic mass is 35.5. The summed E-state index contributed by atoms with van der Waals surface area (Å²) >= 11 is 6.00. The first kappa shape index (κ1) is 11.9. The van der Waals surface area contributed by atoms with Gasteiger partial charge in [-0.1, -0.05) is 11.6 Å².